The van der Waals surface area contributed by atoms with Gasteiger partial charge in [-0.05, 0) is 12.1 Å². The van der Waals surface area contributed by atoms with Crippen LogP contribution in [0.2, 0.25) is 5.02 Å². The molecule has 1 aromatic carbocycles. The summed E-state index contributed by atoms with van der Waals surface area (Å²) in [6.45, 7) is 0. The van der Waals surface area contributed by atoms with E-state index < -0.39 is 0 Å². The first kappa shape index (κ1) is 12.5. The molecule has 0 saturated heterocycles. The molecule has 1 rings (SSSR count). The number of hydrogen-bond donors (Lipinski definition) is 1. The third kappa shape index (κ3) is 3.37. The molecule has 1 aromatic rings. The molecule has 0 bridgehead atoms. The number of oxime groups is 1. The van der Waals surface area contributed by atoms with E-state index in [9.17, 15) is 0 Å². The van der Waals surface area contributed by atoms with Crippen molar-refractivity contribution >= 4 is 46.9 Å². The molecule has 0 aliphatic heterocycles. The maximum absolute atomic E-state index is 8.47. The van der Waals surface area contributed by atoms with Crippen LogP contribution in [0.5, 0.6) is 0 Å². The van der Waals surface area contributed by atoms with Crippen molar-refractivity contribution in [3.63, 3.8) is 0 Å². The normalized spacial score (nSPS) is 10.0. The Kier molecular flexibility index (Phi) is 5.76. The fourth-order valence-corrected chi connectivity index (χ4v) is 0.878. The summed E-state index contributed by atoms with van der Waals surface area (Å²) in [5.41, 5.74) is 0.524. The van der Waals surface area contributed by atoms with Crippen LogP contribution in [0, 0.1) is 11.3 Å². The van der Waals surface area contributed by atoms with Crippen LogP contribution in [0.15, 0.2) is 29.4 Å². The first-order chi connectivity index (χ1) is 5.77. The van der Waals surface area contributed by atoms with Crippen LogP contribution in [-0.4, -0.2) is 40.5 Å². The van der Waals surface area contributed by atoms with Gasteiger partial charge in [-0.2, -0.15) is 5.26 Å². The minimum atomic E-state index is -0.0216. The van der Waals surface area contributed by atoms with Gasteiger partial charge in [-0.3, -0.25) is 0 Å². The Hall–Kier alpha value is -0.530. The number of hydrogen-bond acceptors (Lipinski definition) is 3. The SMILES string of the molecule is N#CC(=NO)c1ccc(Cl)cc1.[NaH]. The molecule has 0 aliphatic rings. The second-order valence-electron chi connectivity index (χ2n) is 2.07. The fourth-order valence-electron chi connectivity index (χ4n) is 0.752. The summed E-state index contributed by atoms with van der Waals surface area (Å²) in [7, 11) is 0. The Morgan fingerprint density at radius 3 is 2.31 bits per heavy atom. The van der Waals surface area contributed by atoms with Gasteiger partial charge >= 0.3 is 29.6 Å². The van der Waals surface area contributed by atoms with E-state index in [0.717, 1.165) is 0 Å². The zero-order valence-corrected chi connectivity index (χ0v) is 6.78. The quantitative estimate of drug-likeness (QED) is 0.325. The van der Waals surface area contributed by atoms with Gasteiger partial charge in [-0.15, -0.1) is 0 Å². The fraction of sp³-hybridized carbons (Fsp3) is 0. The van der Waals surface area contributed by atoms with Gasteiger partial charge in [0.25, 0.3) is 0 Å². The topological polar surface area (TPSA) is 56.4 Å². The van der Waals surface area contributed by atoms with E-state index in [1.54, 1.807) is 30.3 Å². The molecular weight excluding hydrogens is 199 g/mol. The molecule has 0 heterocycles. The number of nitrogens with zero attached hydrogens (tertiary/aromatic N) is 2. The molecule has 0 saturated carbocycles. The van der Waals surface area contributed by atoms with Crippen molar-refractivity contribution in [3.8, 4) is 6.07 Å². The van der Waals surface area contributed by atoms with Crippen LogP contribution < -0.4 is 0 Å². The van der Waals surface area contributed by atoms with Crippen LogP contribution in [0.4, 0.5) is 0 Å². The third-order valence-corrected chi connectivity index (χ3v) is 1.58. The van der Waals surface area contributed by atoms with Gasteiger partial charge in [-0.1, -0.05) is 28.9 Å². The molecule has 0 aromatic heterocycles. The number of nitriles is 1. The molecule has 0 unspecified atom stereocenters. The maximum atomic E-state index is 8.47. The van der Waals surface area contributed by atoms with Gasteiger partial charge in [0, 0.05) is 10.6 Å². The Morgan fingerprint density at radius 1 is 1.38 bits per heavy atom. The van der Waals surface area contributed by atoms with Gasteiger partial charge in [-0.25, -0.2) is 0 Å². The van der Waals surface area contributed by atoms with E-state index in [-0.39, 0.29) is 35.3 Å². The van der Waals surface area contributed by atoms with E-state index in [1.807, 2.05) is 0 Å². The van der Waals surface area contributed by atoms with E-state index in [4.69, 9.17) is 22.1 Å². The van der Waals surface area contributed by atoms with Gasteiger partial charge < -0.3 is 5.21 Å². The van der Waals surface area contributed by atoms with Crippen molar-refractivity contribution in [2.45, 2.75) is 0 Å². The predicted molar refractivity (Wildman–Crippen MR) is 52.5 cm³/mol. The van der Waals surface area contributed by atoms with Gasteiger partial charge in [0.05, 0.1) is 0 Å². The Bertz CT molecular complexity index is 342. The molecule has 0 aliphatic carbocycles. The van der Waals surface area contributed by atoms with Crippen molar-refractivity contribution < 1.29 is 5.21 Å². The molecule has 0 spiro atoms. The van der Waals surface area contributed by atoms with Crippen LogP contribution in [-0.2, 0) is 0 Å². The molecule has 62 valence electrons. The summed E-state index contributed by atoms with van der Waals surface area (Å²) in [5.74, 6) is 0. The summed E-state index contributed by atoms with van der Waals surface area (Å²) in [4.78, 5) is 0. The summed E-state index contributed by atoms with van der Waals surface area (Å²) in [6.07, 6.45) is 0. The molecule has 0 radical (unpaired) electrons. The standard InChI is InChI=1S/C8H5ClN2O.Na.H/c9-7-3-1-6(2-4-7)8(5-10)11-12;;/h1-4,12H;;. The van der Waals surface area contributed by atoms with E-state index in [2.05, 4.69) is 5.16 Å². The number of rotatable bonds is 1. The summed E-state index contributed by atoms with van der Waals surface area (Å²) >= 11 is 5.62. The first-order valence-electron chi connectivity index (χ1n) is 3.16. The van der Waals surface area contributed by atoms with E-state index >= 15 is 0 Å². The predicted octanol–water partition coefficient (Wildman–Crippen LogP) is 1.39. The van der Waals surface area contributed by atoms with Crippen molar-refractivity contribution in [1.82, 2.24) is 0 Å². The molecule has 0 atom stereocenters. The molecular formula is C8H6ClN2NaO. The molecule has 1 N–H and O–H groups in total. The van der Waals surface area contributed by atoms with Crippen molar-refractivity contribution in [3.05, 3.63) is 34.9 Å². The Morgan fingerprint density at radius 2 is 1.92 bits per heavy atom. The summed E-state index contributed by atoms with van der Waals surface area (Å²) in [6, 6.07) is 8.22. The first-order valence-corrected chi connectivity index (χ1v) is 3.54. The zero-order valence-electron chi connectivity index (χ0n) is 6.03. The van der Waals surface area contributed by atoms with Gasteiger partial charge in [0.1, 0.15) is 6.07 Å². The zero-order chi connectivity index (χ0) is 8.97. The summed E-state index contributed by atoms with van der Waals surface area (Å²) in [5, 5.41) is 20.3. The monoisotopic (exact) mass is 204 g/mol. The molecule has 0 amide bonds. The van der Waals surface area contributed by atoms with Crippen LogP contribution in [0.1, 0.15) is 5.56 Å². The van der Waals surface area contributed by atoms with Crippen LogP contribution in [0.3, 0.4) is 0 Å². The van der Waals surface area contributed by atoms with Gasteiger partial charge in [0.2, 0.25) is 0 Å². The van der Waals surface area contributed by atoms with E-state index in [1.165, 1.54) is 0 Å². The Labute approximate surface area is 103 Å². The molecule has 3 nitrogen and oxygen atoms in total. The van der Waals surface area contributed by atoms with Gasteiger partial charge in [0.15, 0.2) is 5.71 Å². The molecule has 5 heteroatoms. The van der Waals surface area contributed by atoms with Crippen molar-refractivity contribution in [1.29, 1.82) is 5.26 Å². The second kappa shape index (κ2) is 6.01. The van der Waals surface area contributed by atoms with Crippen LogP contribution in [0.25, 0.3) is 0 Å². The molecule has 13 heavy (non-hydrogen) atoms. The Balaban J connectivity index is 0.00000144. The van der Waals surface area contributed by atoms with E-state index in [0.29, 0.717) is 10.6 Å². The summed E-state index contributed by atoms with van der Waals surface area (Å²) < 4.78 is 0. The van der Waals surface area contributed by atoms with Crippen molar-refractivity contribution in [2.75, 3.05) is 0 Å². The number of halogens is 1. The average molecular weight is 205 g/mol. The third-order valence-electron chi connectivity index (χ3n) is 1.32. The second-order valence-corrected chi connectivity index (χ2v) is 2.50. The van der Waals surface area contributed by atoms with Crippen molar-refractivity contribution in [2.24, 2.45) is 5.16 Å². The molecule has 0 fully saturated rings. The average Bonchev–Trinajstić information content (AvgIpc) is 2.10. The van der Waals surface area contributed by atoms with Crippen LogP contribution >= 0.6 is 11.6 Å². The minimum absolute atomic E-state index is 0. The number of benzene rings is 1.